The molecule has 0 radical (unpaired) electrons. The van der Waals surface area contributed by atoms with Crippen LogP contribution < -0.4 is 4.90 Å². The number of aryl methyl sites for hydroxylation is 1. The molecule has 18 heavy (non-hydrogen) atoms. The van der Waals surface area contributed by atoms with E-state index in [0.717, 1.165) is 12.8 Å². The van der Waals surface area contributed by atoms with Crippen molar-refractivity contribution in [1.29, 1.82) is 0 Å². The van der Waals surface area contributed by atoms with E-state index in [1.807, 2.05) is 6.07 Å². The normalized spacial score (nSPS) is 10.7. The van der Waals surface area contributed by atoms with E-state index in [-0.39, 0.29) is 0 Å². The van der Waals surface area contributed by atoms with Crippen molar-refractivity contribution in [1.82, 2.24) is 0 Å². The molecule has 0 saturated heterocycles. The van der Waals surface area contributed by atoms with Crippen molar-refractivity contribution in [3.8, 4) is 0 Å². The van der Waals surface area contributed by atoms with Gasteiger partial charge in [0, 0.05) is 12.7 Å². The van der Waals surface area contributed by atoms with Crippen LogP contribution in [-0.4, -0.2) is 7.05 Å². The number of nitrogens with zero attached hydrogens (tertiary/aromatic N) is 1. The van der Waals surface area contributed by atoms with Gasteiger partial charge in [-0.15, -0.1) is 0 Å². The van der Waals surface area contributed by atoms with Gasteiger partial charge in [-0.25, -0.2) is 0 Å². The van der Waals surface area contributed by atoms with E-state index in [2.05, 4.69) is 78.8 Å². The highest BCUT2D eigenvalue weighted by Crippen LogP contribution is 2.11. The summed E-state index contributed by atoms with van der Waals surface area (Å²) >= 11 is 0. The SMILES string of the molecule is CN(/C=C/CCc1ccccc1)c1ccccc1. The lowest BCUT2D eigenvalue weighted by Gasteiger charge is -2.13. The topological polar surface area (TPSA) is 3.24 Å². The molecule has 0 aliphatic heterocycles. The number of allylic oxidation sites excluding steroid dienone is 1. The van der Waals surface area contributed by atoms with Gasteiger partial charge in [-0.1, -0.05) is 54.6 Å². The molecule has 1 nitrogen and oxygen atoms in total. The summed E-state index contributed by atoms with van der Waals surface area (Å²) in [6, 6.07) is 21.0. The number of anilines is 1. The summed E-state index contributed by atoms with van der Waals surface area (Å²) in [5, 5.41) is 0. The van der Waals surface area contributed by atoms with Gasteiger partial charge >= 0.3 is 0 Å². The molecule has 1 heteroatoms. The fraction of sp³-hybridized carbons (Fsp3) is 0.176. The third-order valence-corrected chi connectivity index (χ3v) is 2.93. The third-order valence-electron chi connectivity index (χ3n) is 2.93. The third kappa shape index (κ3) is 3.77. The van der Waals surface area contributed by atoms with Crippen LogP contribution in [0.25, 0.3) is 0 Å². The van der Waals surface area contributed by atoms with Crippen LogP contribution in [-0.2, 0) is 6.42 Å². The van der Waals surface area contributed by atoms with Crippen molar-refractivity contribution < 1.29 is 0 Å². The van der Waals surface area contributed by atoms with Crippen LogP contribution in [0.2, 0.25) is 0 Å². The van der Waals surface area contributed by atoms with E-state index in [0.29, 0.717) is 0 Å². The molecule has 0 spiro atoms. The fourth-order valence-electron chi connectivity index (χ4n) is 1.88. The van der Waals surface area contributed by atoms with Gasteiger partial charge in [0.05, 0.1) is 0 Å². The Morgan fingerprint density at radius 3 is 2.17 bits per heavy atom. The second kappa shape index (κ2) is 6.65. The molecule has 0 bridgehead atoms. The van der Waals surface area contributed by atoms with Crippen molar-refractivity contribution in [2.45, 2.75) is 12.8 Å². The maximum absolute atomic E-state index is 2.22. The van der Waals surface area contributed by atoms with Crippen LogP contribution in [0.15, 0.2) is 72.9 Å². The van der Waals surface area contributed by atoms with Gasteiger partial charge in [-0.05, 0) is 36.7 Å². The van der Waals surface area contributed by atoms with Crippen molar-refractivity contribution in [2.75, 3.05) is 11.9 Å². The molecule has 0 aliphatic carbocycles. The predicted octanol–water partition coefficient (Wildman–Crippen LogP) is 4.27. The van der Waals surface area contributed by atoms with Crippen LogP contribution in [0.4, 0.5) is 5.69 Å². The molecule has 0 heterocycles. The lowest BCUT2D eigenvalue weighted by molar-refractivity contribution is 0.992. The van der Waals surface area contributed by atoms with E-state index in [9.17, 15) is 0 Å². The summed E-state index contributed by atoms with van der Waals surface area (Å²) in [5.41, 5.74) is 2.61. The largest absolute Gasteiger partial charge is 0.351 e. The zero-order chi connectivity index (χ0) is 12.6. The van der Waals surface area contributed by atoms with E-state index < -0.39 is 0 Å². The molecule has 0 saturated carbocycles. The first-order chi connectivity index (χ1) is 8.86. The minimum Gasteiger partial charge on any atom is -0.351 e. The molecule has 0 fully saturated rings. The van der Waals surface area contributed by atoms with E-state index >= 15 is 0 Å². The zero-order valence-electron chi connectivity index (χ0n) is 10.8. The van der Waals surface area contributed by atoms with Gasteiger partial charge in [0.25, 0.3) is 0 Å². The molecule has 2 aromatic carbocycles. The summed E-state index contributed by atoms with van der Waals surface area (Å²) in [6.45, 7) is 0. The van der Waals surface area contributed by atoms with E-state index in [1.165, 1.54) is 11.3 Å². The zero-order valence-corrected chi connectivity index (χ0v) is 10.8. The number of benzene rings is 2. The number of para-hydroxylation sites is 1. The molecule has 0 aliphatic rings. The van der Waals surface area contributed by atoms with Crippen LogP contribution in [0, 0.1) is 0 Å². The quantitative estimate of drug-likeness (QED) is 0.750. The molecule has 92 valence electrons. The maximum atomic E-state index is 2.22. The van der Waals surface area contributed by atoms with Crippen LogP contribution in [0.3, 0.4) is 0 Å². The summed E-state index contributed by atoms with van der Waals surface area (Å²) in [6.07, 6.45) is 6.53. The highest BCUT2D eigenvalue weighted by molar-refractivity contribution is 5.47. The average molecular weight is 237 g/mol. The van der Waals surface area contributed by atoms with Crippen molar-refractivity contribution in [3.05, 3.63) is 78.5 Å². The van der Waals surface area contributed by atoms with E-state index in [4.69, 9.17) is 0 Å². The fourth-order valence-corrected chi connectivity index (χ4v) is 1.88. The van der Waals surface area contributed by atoms with Crippen LogP contribution in [0.5, 0.6) is 0 Å². The molecular formula is C17H19N. The Bertz CT molecular complexity index is 473. The van der Waals surface area contributed by atoms with E-state index in [1.54, 1.807) is 0 Å². The average Bonchev–Trinajstić information content (AvgIpc) is 2.45. The molecule has 0 unspecified atom stereocenters. The first-order valence-corrected chi connectivity index (χ1v) is 6.35. The van der Waals surface area contributed by atoms with Crippen LogP contribution in [0.1, 0.15) is 12.0 Å². The van der Waals surface area contributed by atoms with Gasteiger partial charge in [-0.2, -0.15) is 0 Å². The standard InChI is InChI=1S/C17H19N/c1-18(17-13-6-3-7-14-17)15-9-8-12-16-10-4-2-5-11-16/h2-7,9-11,13-15H,8,12H2,1H3/b15-9+. The first kappa shape index (κ1) is 12.4. The number of hydrogen-bond acceptors (Lipinski definition) is 1. The summed E-state index contributed by atoms with van der Waals surface area (Å²) in [5.74, 6) is 0. The second-order valence-electron chi connectivity index (χ2n) is 4.36. The van der Waals surface area contributed by atoms with Gasteiger partial charge in [0.2, 0.25) is 0 Å². The molecule has 0 atom stereocenters. The minimum absolute atomic E-state index is 1.07. The Morgan fingerprint density at radius 2 is 1.50 bits per heavy atom. The smallest absolute Gasteiger partial charge is 0.0403 e. The lowest BCUT2D eigenvalue weighted by Crippen LogP contribution is -2.07. The Hall–Kier alpha value is -2.02. The predicted molar refractivity (Wildman–Crippen MR) is 78.7 cm³/mol. The highest BCUT2D eigenvalue weighted by atomic mass is 15.1. The lowest BCUT2D eigenvalue weighted by atomic mass is 10.1. The van der Waals surface area contributed by atoms with Crippen molar-refractivity contribution in [3.63, 3.8) is 0 Å². The van der Waals surface area contributed by atoms with Gasteiger partial charge < -0.3 is 4.90 Å². The molecular weight excluding hydrogens is 218 g/mol. The molecule has 0 amide bonds. The minimum atomic E-state index is 1.07. The van der Waals surface area contributed by atoms with Crippen molar-refractivity contribution in [2.24, 2.45) is 0 Å². The van der Waals surface area contributed by atoms with Gasteiger partial charge in [0.1, 0.15) is 0 Å². The Kier molecular flexibility index (Phi) is 4.60. The van der Waals surface area contributed by atoms with Crippen molar-refractivity contribution >= 4 is 5.69 Å². The second-order valence-corrected chi connectivity index (χ2v) is 4.36. The molecule has 0 aromatic heterocycles. The summed E-state index contributed by atoms with van der Waals surface area (Å²) < 4.78 is 0. The number of rotatable bonds is 5. The Balaban J connectivity index is 1.82. The Morgan fingerprint density at radius 1 is 0.889 bits per heavy atom. The maximum Gasteiger partial charge on any atom is 0.0403 e. The van der Waals surface area contributed by atoms with Gasteiger partial charge in [0.15, 0.2) is 0 Å². The number of hydrogen-bond donors (Lipinski definition) is 0. The molecule has 2 aromatic rings. The monoisotopic (exact) mass is 237 g/mol. The molecule has 0 N–H and O–H groups in total. The molecule has 2 rings (SSSR count). The highest BCUT2D eigenvalue weighted by Gasteiger charge is 1.93. The Labute approximate surface area is 109 Å². The first-order valence-electron chi connectivity index (χ1n) is 6.35. The van der Waals surface area contributed by atoms with Gasteiger partial charge in [-0.3, -0.25) is 0 Å². The summed E-state index contributed by atoms with van der Waals surface area (Å²) in [4.78, 5) is 2.14. The summed E-state index contributed by atoms with van der Waals surface area (Å²) in [7, 11) is 2.08. The van der Waals surface area contributed by atoms with Crippen LogP contribution >= 0.6 is 0 Å².